The van der Waals surface area contributed by atoms with E-state index in [1.165, 1.54) is 18.4 Å². The third-order valence-corrected chi connectivity index (χ3v) is 4.40. The Morgan fingerprint density at radius 3 is 2.52 bits per heavy atom. The number of carbonyl (C=O) groups is 2. The molecule has 0 fully saturated rings. The van der Waals surface area contributed by atoms with Gasteiger partial charge in [0.25, 0.3) is 5.91 Å². The van der Waals surface area contributed by atoms with Crippen LogP contribution in [-0.4, -0.2) is 19.0 Å². The van der Waals surface area contributed by atoms with Gasteiger partial charge in [-0.25, -0.2) is 4.79 Å². The lowest BCUT2D eigenvalue weighted by Crippen LogP contribution is -2.14. The zero-order valence-corrected chi connectivity index (χ0v) is 13.3. The lowest BCUT2D eigenvalue weighted by Gasteiger charge is -2.06. The molecule has 0 atom stereocenters. The summed E-state index contributed by atoms with van der Waals surface area (Å²) in [6.45, 7) is 5.69. The van der Waals surface area contributed by atoms with Gasteiger partial charge in [-0.2, -0.15) is 0 Å². The molecule has 0 spiro atoms. The molecule has 1 amide bonds. The van der Waals surface area contributed by atoms with Gasteiger partial charge in [-0.15, -0.1) is 11.3 Å². The second kappa shape index (κ2) is 6.10. The van der Waals surface area contributed by atoms with Crippen molar-refractivity contribution in [2.45, 2.75) is 20.8 Å². The van der Waals surface area contributed by atoms with Crippen LogP contribution in [0.1, 0.15) is 36.7 Å². The number of hydrogen-bond acceptors (Lipinski definition) is 4. The van der Waals surface area contributed by atoms with E-state index in [4.69, 9.17) is 4.74 Å². The standard InChI is InChI=1S/C16H17NO3S/c1-9-6-5-7-12(8-9)14(18)17-15-13(16(19)20-4)10(2)11(3)21-15/h5-8H,1-4H3,(H,17,18). The van der Waals surface area contributed by atoms with Crippen LogP contribution in [0.4, 0.5) is 5.00 Å². The van der Waals surface area contributed by atoms with Crippen molar-refractivity contribution >= 4 is 28.2 Å². The molecule has 110 valence electrons. The topological polar surface area (TPSA) is 55.4 Å². The number of amides is 1. The number of ether oxygens (including phenoxy) is 1. The first-order chi connectivity index (χ1) is 9.93. The summed E-state index contributed by atoms with van der Waals surface area (Å²) in [6, 6.07) is 7.31. The molecule has 2 aromatic rings. The molecule has 0 aliphatic heterocycles. The number of thiophene rings is 1. The largest absolute Gasteiger partial charge is 0.465 e. The third-order valence-electron chi connectivity index (χ3n) is 3.28. The minimum absolute atomic E-state index is 0.231. The summed E-state index contributed by atoms with van der Waals surface area (Å²) in [5, 5.41) is 3.34. The summed E-state index contributed by atoms with van der Waals surface area (Å²) in [7, 11) is 1.33. The Hall–Kier alpha value is -2.14. The molecule has 0 radical (unpaired) electrons. The van der Waals surface area contributed by atoms with Crippen molar-refractivity contribution < 1.29 is 14.3 Å². The number of nitrogens with one attached hydrogen (secondary N) is 1. The predicted molar refractivity (Wildman–Crippen MR) is 84.3 cm³/mol. The minimum Gasteiger partial charge on any atom is -0.465 e. The number of aryl methyl sites for hydroxylation is 2. The van der Waals surface area contributed by atoms with Crippen LogP contribution < -0.4 is 5.32 Å². The van der Waals surface area contributed by atoms with Gasteiger partial charge in [-0.05, 0) is 38.5 Å². The highest BCUT2D eigenvalue weighted by atomic mass is 32.1. The number of methoxy groups -OCH3 is 1. The Labute approximate surface area is 127 Å². The van der Waals surface area contributed by atoms with E-state index >= 15 is 0 Å². The van der Waals surface area contributed by atoms with E-state index in [-0.39, 0.29) is 5.91 Å². The van der Waals surface area contributed by atoms with Crippen LogP contribution in [0.15, 0.2) is 24.3 Å². The first kappa shape index (κ1) is 15.3. The number of carbonyl (C=O) groups excluding carboxylic acids is 2. The molecule has 1 N–H and O–H groups in total. The lowest BCUT2D eigenvalue weighted by atomic mass is 10.1. The first-order valence-electron chi connectivity index (χ1n) is 6.50. The SMILES string of the molecule is COC(=O)c1c(NC(=O)c2cccc(C)c2)sc(C)c1C. The molecule has 2 rings (SSSR count). The van der Waals surface area contributed by atoms with Gasteiger partial charge in [0.1, 0.15) is 5.00 Å². The van der Waals surface area contributed by atoms with Crippen LogP contribution in [0.2, 0.25) is 0 Å². The number of hydrogen-bond donors (Lipinski definition) is 1. The van der Waals surface area contributed by atoms with Crippen molar-refractivity contribution in [3.8, 4) is 0 Å². The van der Waals surface area contributed by atoms with Crippen LogP contribution in [0.5, 0.6) is 0 Å². The van der Waals surface area contributed by atoms with E-state index in [2.05, 4.69) is 5.32 Å². The average molecular weight is 303 g/mol. The van der Waals surface area contributed by atoms with Crippen molar-refractivity contribution in [1.82, 2.24) is 0 Å². The lowest BCUT2D eigenvalue weighted by molar-refractivity contribution is 0.0601. The van der Waals surface area contributed by atoms with Crippen molar-refractivity contribution in [2.75, 3.05) is 12.4 Å². The van der Waals surface area contributed by atoms with Crippen LogP contribution in [0.3, 0.4) is 0 Å². The first-order valence-corrected chi connectivity index (χ1v) is 7.32. The van der Waals surface area contributed by atoms with Crippen LogP contribution >= 0.6 is 11.3 Å². The van der Waals surface area contributed by atoms with Crippen molar-refractivity contribution in [1.29, 1.82) is 0 Å². The number of anilines is 1. The second-order valence-electron chi connectivity index (χ2n) is 4.80. The molecule has 4 nitrogen and oxygen atoms in total. The fourth-order valence-electron chi connectivity index (χ4n) is 2.02. The minimum atomic E-state index is -0.434. The number of rotatable bonds is 3. The van der Waals surface area contributed by atoms with Gasteiger partial charge in [-0.3, -0.25) is 4.79 Å². The monoisotopic (exact) mass is 303 g/mol. The molecule has 1 aromatic carbocycles. The molecule has 1 aromatic heterocycles. The van der Waals surface area contributed by atoms with Crippen molar-refractivity contribution in [3.05, 3.63) is 51.4 Å². The number of benzene rings is 1. The maximum atomic E-state index is 12.3. The van der Waals surface area contributed by atoms with E-state index in [1.807, 2.05) is 32.9 Å². The molecule has 5 heteroatoms. The van der Waals surface area contributed by atoms with Crippen LogP contribution in [0, 0.1) is 20.8 Å². The van der Waals surface area contributed by atoms with E-state index < -0.39 is 5.97 Å². The second-order valence-corrected chi connectivity index (χ2v) is 6.03. The summed E-state index contributed by atoms with van der Waals surface area (Å²) < 4.78 is 4.79. The van der Waals surface area contributed by atoms with Crippen LogP contribution in [0.25, 0.3) is 0 Å². The van der Waals surface area contributed by atoms with Gasteiger partial charge in [0.15, 0.2) is 0 Å². The Kier molecular flexibility index (Phi) is 4.43. The van der Waals surface area contributed by atoms with Gasteiger partial charge in [-0.1, -0.05) is 17.7 Å². The highest BCUT2D eigenvalue weighted by Crippen LogP contribution is 2.33. The Bertz CT molecular complexity index is 704. The molecule has 0 aliphatic carbocycles. The summed E-state index contributed by atoms with van der Waals surface area (Å²) in [4.78, 5) is 25.1. The summed E-state index contributed by atoms with van der Waals surface area (Å²) in [6.07, 6.45) is 0. The molecule has 1 heterocycles. The van der Waals surface area contributed by atoms with Gasteiger partial charge < -0.3 is 10.1 Å². The van der Waals surface area contributed by atoms with Gasteiger partial charge in [0.2, 0.25) is 0 Å². The Balaban J connectivity index is 2.34. The summed E-state index contributed by atoms with van der Waals surface area (Å²) in [5.41, 5.74) is 2.84. The normalized spacial score (nSPS) is 10.3. The average Bonchev–Trinajstić information content (AvgIpc) is 2.73. The van der Waals surface area contributed by atoms with E-state index in [1.54, 1.807) is 12.1 Å². The maximum absolute atomic E-state index is 12.3. The Morgan fingerprint density at radius 2 is 1.90 bits per heavy atom. The zero-order chi connectivity index (χ0) is 15.6. The van der Waals surface area contributed by atoms with Gasteiger partial charge in [0.05, 0.1) is 12.7 Å². The smallest absolute Gasteiger partial charge is 0.341 e. The van der Waals surface area contributed by atoms with Gasteiger partial charge >= 0.3 is 5.97 Å². The molecule has 21 heavy (non-hydrogen) atoms. The zero-order valence-electron chi connectivity index (χ0n) is 12.4. The van der Waals surface area contributed by atoms with Crippen molar-refractivity contribution in [2.24, 2.45) is 0 Å². The molecule has 0 saturated heterocycles. The van der Waals surface area contributed by atoms with Crippen molar-refractivity contribution in [3.63, 3.8) is 0 Å². The maximum Gasteiger partial charge on any atom is 0.341 e. The highest BCUT2D eigenvalue weighted by molar-refractivity contribution is 7.16. The third kappa shape index (κ3) is 3.13. The molecule has 0 bridgehead atoms. The molecule has 0 unspecified atom stereocenters. The predicted octanol–water partition coefficient (Wildman–Crippen LogP) is 3.71. The van der Waals surface area contributed by atoms with E-state index in [0.717, 1.165) is 16.0 Å². The summed E-state index contributed by atoms with van der Waals surface area (Å²) >= 11 is 1.38. The molecule has 0 aliphatic rings. The molecular weight excluding hydrogens is 286 g/mol. The van der Waals surface area contributed by atoms with E-state index in [9.17, 15) is 9.59 Å². The molecular formula is C16H17NO3S. The molecule has 0 saturated carbocycles. The van der Waals surface area contributed by atoms with E-state index in [0.29, 0.717) is 16.1 Å². The van der Waals surface area contributed by atoms with Gasteiger partial charge in [0, 0.05) is 10.4 Å². The summed E-state index contributed by atoms with van der Waals surface area (Å²) in [5.74, 6) is -0.665. The fourth-order valence-corrected chi connectivity index (χ4v) is 3.07. The Morgan fingerprint density at radius 1 is 1.19 bits per heavy atom. The van der Waals surface area contributed by atoms with Crippen LogP contribution in [-0.2, 0) is 4.74 Å². The highest BCUT2D eigenvalue weighted by Gasteiger charge is 2.21. The quantitative estimate of drug-likeness (QED) is 0.879. The fraction of sp³-hybridized carbons (Fsp3) is 0.250. The number of esters is 1.